The molecule has 10 nitrogen and oxygen atoms in total. The third kappa shape index (κ3) is 4.72. The van der Waals surface area contributed by atoms with Crippen LogP contribution in [0.5, 0.6) is 5.75 Å². The van der Waals surface area contributed by atoms with E-state index in [0.717, 1.165) is 22.4 Å². The number of ether oxygens (including phenoxy) is 4. The van der Waals surface area contributed by atoms with Gasteiger partial charge in [-0.25, -0.2) is 15.0 Å². The van der Waals surface area contributed by atoms with Crippen LogP contribution in [0.1, 0.15) is 36.8 Å². The van der Waals surface area contributed by atoms with Crippen molar-refractivity contribution in [2.24, 2.45) is 0 Å². The molecule has 4 atom stereocenters. The molecule has 43 heavy (non-hydrogen) atoms. The van der Waals surface area contributed by atoms with Crippen LogP contribution in [-0.2, 0) is 19.7 Å². The second kappa shape index (κ2) is 10.7. The number of anilines is 1. The summed E-state index contributed by atoms with van der Waals surface area (Å²) in [7, 11) is 1.66. The van der Waals surface area contributed by atoms with Crippen molar-refractivity contribution in [1.82, 2.24) is 19.5 Å². The average molecular weight is 580 g/mol. The summed E-state index contributed by atoms with van der Waals surface area (Å²) in [4.78, 5) is 14.0. The molecule has 2 aliphatic rings. The first-order chi connectivity index (χ1) is 20.9. The van der Waals surface area contributed by atoms with Crippen molar-refractivity contribution in [3.05, 3.63) is 114 Å². The molecule has 0 bridgehead atoms. The van der Waals surface area contributed by atoms with E-state index in [4.69, 9.17) is 23.9 Å². The van der Waals surface area contributed by atoms with Gasteiger partial charge in [-0.15, -0.1) is 0 Å². The van der Waals surface area contributed by atoms with Gasteiger partial charge < -0.3 is 29.4 Å². The number of nitrogens with one attached hydrogen (secondary N) is 1. The van der Waals surface area contributed by atoms with E-state index in [-0.39, 0.29) is 12.7 Å². The van der Waals surface area contributed by atoms with E-state index in [0.29, 0.717) is 17.0 Å². The normalized spacial score (nSPS) is 23.2. The van der Waals surface area contributed by atoms with Crippen molar-refractivity contribution in [1.29, 1.82) is 0 Å². The lowest BCUT2D eigenvalue weighted by Crippen LogP contribution is -2.49. The summed E-state index contributed by atoms with van der Waals surface area (Å²) >= 11 is 0. The third-order valence-electron chi connectivity index (χ3n) is 8.16. The fourth-order valence-electron chi connectivity index (χ4n) is 6.22. The van der Waals surface area contributed by atoms with Crippen LogP contribution in [0.4, 0.5) is 5.82 Å². The lowest BCUT2D eigenvalue weighted by molar-refractivity contribution is -0.180. The highest BCUT2D eigenvalue weighted by molar-refractivity contribution is 5.84. The third-order valence-corrected chi connectivity index (χ3v) is 8.16. The minimum atomic E-state index is -0.990. The van der Waals surface area contributed by atoms with Crippen molar-refractivity contribution >= 4 is 17.0 Å². The highest BCUT2D eigenvalue weighted by atomic mass is 16.8. The number of aliphatic hydroxyl groups excluding tert-OH is 1. The molecule has 0 saturated carbocycles. The number of benzene rings is 3. The van der Waals surface area contributed by atoms with Gasteiger partial charge in [0.2, 0.25) is 0 Å². The van der Waals surface area contributed by atoms with Gasteiger partial charge >= 0.3 is 0 Å². The molecular formula is C33H33N5O5. The average Bonchev–Trinajstić information content (AvgIpc) is 3.62. The number of hydrogen-bond donors (Lipinski definition) is 2. The standard InChI is InChI=1S/C33H33N5O5/c1-32(2)42-25-18-41-31(27(39)28(25)43-32)38-20-36-26-29(34-19-35-30(26)38)37-33(21-10-6-4-7-11-21,22-12-8-5-9-13-22)23-14-16-24(40-3)17-15-23/h4-17,19-20,25,27-28,31,39H,18H2,1-3H3,(H,34,35,37)/t25-,27+,28-,31+/m0/s1. The molecule has 2 fully saturated rings. The number of fused-ring (bicyclic) bond motifs is 2. The summed E-state index contributed by atoms with van der Waals surface area (Å²) in [6.45, 7) is 3.94. The minimum absolute atomic E-state index is 0.272. The highest BCUT2D eigenvalue weighted by Crippen LogP contribution is 2.42. The number of rotatable bonds is 7. The van der Waals surface area contributed by atoms with Crippen molar-refractivity contribution in [3.63, 3.8) is 0 Å². The number of aliphatic hydroxyl groups is 1. The van der Waals surface area contributed by atoms with Crippen LogP contribution in [-0.4, -0.2) is 62.4 Å². The van der Waals surface area contributed by atoms with Gasteiger partial charge in [0, 0.05) is 0 Å². The van der Waals surface area contributed by atoms with Crippen LogP contribution in [0.25, 0.3) is 11.2 Å². The first-order valence-corrected chi connectivity index (χ1v) is 14.3. The van der Waals surface area contributed by atoms with Gasteiger partial charge in [0.05, 0.1) is 20.0 Å². The van der Waals surface area contributed by atoms with Crippen molar-refractivity contribution < 1.29 is 24.1 Å². The summed E-state index contributed by atoms with van der Waals surface area (Å²) in [6, 6.07) is 28.5. The van der Waals surface area contributed by atoms with Crippen LogP contribution in [0.3, 0.4) is 0 Å². The molecule has 2 saturated heterocycles. The van der Waals surface area contributed by atoms with Crippen LogP contribution < -0.4 is 10.1 Å². The number of aromatic nitrogens is 4. The number of nitrogens with zero attached hydrogens (tertiary/aromatic N) is 4. The van der Waals surface area contributed by atoms with Crippen molar-refractivity contribution in [2.75, 3.05) is 19.0 Å². The predicted molar refractivity (Wildman–Crippen MR) is 160 cm³/mol. The zero-order valence-corrected chi connectivity index (χ0v) is 24.1. The van der Waals surface area contributed by atoms with Gasteiger partial charge in [-0.1, -0.05) is 72.8 Å². The van der Waals surface area contributed by atoms with E-state index >= 15 is 0 Å². The van der Waals surface area contributed by atoms with E-state index in [1.807, 2.05) is 62.4 Å². The Hall–Kier alpha value is -4.35. The monoisotopic (exact) mass is 579 g/mol. The van der Waals surface area contributed by atoms with Crippen molar-refractivity contribution in [3.8, 4) is 5.75 Å². The lowest BCUT2D eigenvalue weighted by atomic mass is 9.77. The molecule has 0 spiro atoms. The molecule has 2 aliphatic heterocycles. The second-order valence-electron chi connectivity index (χ2n) is 11.2. The fourth-order valence-corrected chi connectivity index (χ4v) is 6.22. The Balaban J connectivity index is 1.34. The number of methoxy groups -OCH3 is 1. The summed E-state index contributed by atoms with van der Waals surface area (Å²) in [5, 5.41) is 15.1. The largest absolute Gasteiger partial charge is 0.497 e. The Kier molecular flexibility index (Phi) is 6.86. The summed E-state index contributed by atoms with van der Waals surface area (Å²) in [5.41, 5.74) is 3.20. The van der Waals surface area contributed by atoms with Gasteiger partial charge in [0.15, 0.2) is 29.0 Å². The van der Waals surface area contributed by atoms with E-state index < -0.39 is 29.8 Å². The molecule has 4 heterocycles. The van der Waals surface area contributed by atoms with Crippen LogP contribution >= 0.6 is 0 Å². The molecule has 0 radical (unpaired) electrons. The lowest BCUT2D eigenvalue weighted by Gasteiger charge is -2.37. The Labute approximate surface area is 249 Å². The number of hydrogen-bond acceptors (Lipinski definition) is 9. The molecule has 2 N–H and O–H groups in total. The van der Waals surface area contributed by atoms with Gasteiger partial charge in [-0.2, -0.15) is 0 Å². The van der Waals surface area contributed by atoms with E-state index in [2.05, 4.69) is 51.7 Å². The van der Waals surface area contributed by atoms with E-state index in [9.17, 15) is 5.11 Å². The first-order valence-electron chi connectivity index (χ1n) is 14.3. The molecule has 3 aromatic carbocycles. The zero-order chi connectivity index (χ0) is 29.6. The summed E-state index contributed by atoms with van der Waals surface area (Å²) in [6.07, 6.45) is 0.472. The molecule has 7 rings (SSSR count). The minimum Gasteiger partial charge on any atom is -0.497 e. The Morgan fingerprint density at radius 3 is 2.19 bits per heavy atom. The van der Waals surface area contributed by atoms with Crippen molar-refractivity contribution in [2.45, 2.75) is 49.7 Å². The molecule has 0 unspecified atom stereocenters. The highest BCUT2D eigenvalue weighted by Gasteiger charge is 2.51. The van der Waals surface area contributed by atoms with Crippen LogP contribution in [0.15, 0.2) is 97.6 Å². The molecule has 5 aromatic rings. The smallest absolute Gasteiger partial charge is 0.167 e. The Morgan fingerprint density at radius 2 is 1.53 bits per heavy atom. The molecule has 220 valence electrons. The predicted octanol–water partition coefficient (Wildman–Crippen LogP) is 4.65. The first kappa shape index (κ1) is 27.5. The fraction of sp³-hybridized carbons (Fsp3) is 0.303. The van der Waals surface area contributed by atoms with Gasteiger partial charge in [-0.3, -0.25) is 4.57 Å². The quantitative estimate of drug-likeness (QED) is 0.266. The molecular weight excluding hydrogens is 546 g/mol. The van der Waals surface area contributed by atoms with Crippen LogP contribution in [0.2, 0.25) is 0 Å². The van der Waals surface area contributed by atoms with E-state index in [1.165, 1.54) is 6.33 Å². The van der Waals surface area contributed by atoms with Gasteiger partial charge in [0.1, 0.15) is 35.9 Å². The molecule has 10 heteroatoms. The van der Waals surface area contributed by atoms with Gasteiger partial charge in [0.25, 0.3) is 0 Å². The Bertz CT molecular complexity index is 1670. The maximum absolute atomic E-state index is 11.3. The van der Waals surface area contributed by atoms with E-state index in [1.54, 1.807) is 18.0 Å². The molecule has 0 amide bonds. The zero-order valence-electron chi connectivity index (χ0n) is 24.1. The molecule has 2 aromatic heterocycles. The maximum atomic E-state index is 11.3. The summed E-state index contributed by atoms with van der Waals surface area (Å²) < 4.78 is 25.2. The molecule has 0 aliphatic carbocycles. The Morgan fingerprint density at radius 1 is 0.884 bits per heavy atom. The second-order valence-corrected chi connectivity index (χ2v) is 11.2. The van der Waals surface area contributed by atoms with Gasteiger partial charge in [-0.05, 0) is 42.7 Å². The SMILES string of the molecule is COc1ccc(C(Nc2ncnc3c2ncn3[C@@H]2OC[C@@H]3OC(C)(C)O[C@@H]3[C@H]2O)(c2ccccc2)c2ccccc2)cc1. The van der Waals surface area contributed by atoms with Crippen LogP contribution in [0, 0.1) is 0 Å². The topological polar surface area (TPSA) is 113 Å². The summed E-state index contributed by atoms with van der Waals surface area (Å²) in [5.74, 6) is 0.483. The number of imidazole rings is 1. The maximum Gasteiger partial charge on any atom is 0.167 e.